The number of carbonyl (C=O) groups is 1. The molecule has 3 aliphatic heterocycles. The third kappa shape index (κ3) is 3.49. The molecule has 7 nitrogen and oxygen atoms in total. The van der Waals surface area contributed by atoms with Gasteiger partial charge in [0.2, 0.25) is 0 Å². The van der Waals surface area contributed by atoms with Crippen LogP contribution in [0.4, 0.5) is 0 Å². The van der Waals surface area contributed by atoms with Crippen LogP contribution < -0.4 is 0 Å². The lowest BCUT2D eigenvalue weighted by molar-refractivity contribution is -0.341. The molecule has 220 valence electrons. The fraction of sp³-hybridized carbons (Fsp3) is 0.906. The summed E-state index contributed by atoms with van der Waals surface area (Å²) in [6, 6.07) is 0. The number of aliphatic hydroxyl groups is 3. The van der Waals surface area contributed by atoms with E-state index in [4.69, 9.17) is 14.2 Å². The van der Waals surface area contributed by atoms with Gasteiger partial charge < -0.3 is 29.5 Å². The predicted molar refractivity (Wildman–Crippen MR) is 145 cm³/mol. The summed E-state index contributed by atoms with van der Waals surface area (Å²) in [5.74, 6) is -2.14. The lowest BCUT2D eigenvalue weighted by Crippen LogP contribution is -2.61. The van der Waals surface area contributed by atoms with E-state index in [2.05, 4.69) is 34.6 Å². The molecule has 1 saturated carbocycles. The Bertz CT molecular complexity index is 1090. The van der Waals surface area contributed by atoms with Gasteiger partial charge in [-0.2, -0.15) is 0 Å². The first-order chi connectivity index (χ1) is 17.9. The zero-order chi connectivity index (χ0) is 28.6. The molecule has 39 heavy (non-hydrogen) atoms. The van der Waals surface area contributed by atoms with Gasteiger partial charge in [0.25, 0.3) is 0 Å². The van der Waals surface area contributed by atoms with Gasteiger partial charge in [-0.25, -0.2) is 0 Å². The maximum absolute atomic E-state index is 12.4. The molecule has 11 atom stereocenters. The van der Waals surface area contributed by atoms with Crippen molar-refractivity contribution in [3.05, 3.63) is 11.1 Å². The Morgan fingerprint density at radius 3 is 2.44 bits per heavy atom. The van der Waals surface area contributed by atoms with E-state index in [1.807, 2.05) is 0 Å². The summed E-state index contributed by atoms with van der Waals surface area (Å²) in [4.78, 5) is 12.0. The average Bonchev–Trinajstić information content (AvgIpc) is 3.30. The minimum absolute atomic E-state index is 0.0145. The summed E-state index contributed by atoms with van der Waals surface area (Å²) in [6.45, 7) is 15.8. The summed E-state index contributed by atoms with van der Waals surface area (Å²) in [7, 11) is 0. The predicted octanol–water partition coefficient (Wildman–Crippen LogP) is 4.65. The molecule has 3 heterocycles. The third-order valence-corrected chi connectivity index (χ3v) is 12.9. The van der Waals surface area contributed by atoms with E-state index < -0.39 is 41.1 Å². The van der Waals surface area contributed by atoms with Gasteiger partial charge in [-0.3, -0.25) is 4.79 Å². The lowest BCUT2D eigenvalue weighted by Gasteiger charge is -2.53. The van der Waals surface area contributed by atoms with Crippen molar-refractivity contribution in [2.75, 3.05) is 0 Å². The number of aliphatic hydroxyl groups excluding tert-OH is 1. The number of hydrogen-bond acceptors (Lipinski definition) is 7. The number of ether oxygens (including phenoxy) is 3. The molecular formula is C32H50O7. The van der Waals surface area contributed by atoms with E-state index in [0.717, 1.165) is 44.9 Å². The molecule has 2 bridgehead atoms. The molecule has 0 aromatic heterocycles. The minimum atomic E-state index is -1.81. The summed E-state index contributed by atoms with van der Waals surface area (Å²) in [5, 5.41) is 35.6. The van der Waals surface area contributed by atoms with E-state index in [1.165, 1.54) is 18.1 Å². The van der Waals surface area contributed by atoms with E-state index in [0.29, 0.717) is 18.4 Å². The van der Waals surface area contributed by atoms with Gasteiger partial charge >= 0.3 is 5.97 Å². The van der Waals surface area contributed by atoms with Gasteiger partial charge in [-0.05, 0) is 87.9 Å². The second-order valence-corrected chi connectivity index (χ2v) is 15.7. The molecule has 4 fully saturated rings. The first-order valence-corrected chi connectivity index (χ1v) is 15.3. The molecule has 3 N–H and O–H groups in total. The van der Waals surface area contributed by atoms with Gasteiger partial charge in [0, 0.05) is 18.3 Å². The SMILES string of the molecule is CC(=O)O[C@@H]([C@H]1C[C@@H](C)[C@H]2[C@@](O)(O1)[C@H](O)[C@@]1(C)C3=C(CC[C@]21C)C[C@]12CC[C@H](O1)C(C)(C)[C@@H]2CC3)C(C)(C)O. The molecule has 0 aromatic carbocycles. The van der Waals surface area contributed by atoms with Gasteiger partial charge in [0.05, 0.1) is 17.3 Å². The van der Waals surface area contributed by atoms with Crippen LogP contribution in [0.15, 0.2) is 11.1 Å². The van der Waals surface area contributed by atoms with Crippen molar-refractivity contribution < 1.29 is 34.3 Å². The molecule has 1 spiro atoms. The standard InChI is InChI=1S/C32H50O7/c1-17-15-21(25(28(5,6)35)37-18(2)33)38-32(36)24(17)29(7)13-11-19-16-31-14-12-23(39-31)27(3,4)22(31)10-9-20(19)30(29,8)26(32)34/h17,21-26,34-36H,9-16H2,1-8H3/t17-,21-,22+,23+,24-,25+,26-,29-,30-,31+,32-/m1/s1. The largest absolute Gasteiger partial charge is 0.457 e. The van der Waals surface area contributed by atoms with Crippen LogP contribution >= 0.6 is 0 Å². The van der Waals surface area contributed by atoms with Crippen molar-refractivity contribution in [3.63, 3.8) is 0 Å². The highest BCUT2D eigenvalue weighted by Crippen LogP contribution is 2.74. The molecule has 0 radical (unpaired) electrons. The molecular weight excluding hydrogens is 496 g/mol. The monoisotopic (exact) mass is 546 g/mol. The van der Waals surface area contributed by atoms with Crippen molar-refractivity contribution in [1.82, 2.24) is 0 Å². The Kier molecular flexibility index (Phi) is 5.99. The Labute approximate surface area is 233 Å². The van der Waals surface area contributed by atoms with Crippen molar-refractivity contribution in [2.45, 2.75) is 148 Å². The van der Waals surface area contributed by atoms with Gasteiger partial charge in [0.15, 0.2) is 11.9 Å². The maximum Gasteiger partial charge on any atom is 0.303 e. The van der Waals surface area contributed by atoms with Gasteiger partial charge in [0.1, 0.15) is 12.2 Å². The first kappa shape index (κ1) is 28.1. The van der Waals surface area contributed by atoms with Crippen molar-refractivity contribution >= 4 is 5.97 Å². The van der Waals surface area contributed by atoms with Crippen LogP contribution in [0, 0.1) is 34.0 Å². The molecule has 6 rings (SSSR count). The first-order valence-electron chi connectivity index (χ1n) is 15.3. The Balaban J connectivity index is 1.39. The summed E-state index contributed by atoms with van der Waals surface area (Å²) in [5.41, 5.74) is 0.379. The Hall–Kier alpha value is -0.990. The van der Waals surface area contributed by atoms with Crippen LogP contribution in [-0.2, 0) is 19.0 Å². The normalized spacial score (nSPS) is 50.9. The number of hydrogen-bond donors (Lipinski definition) is 3. The maximum atomic E-state index is 12.4. The fourth-order valence-electron chi connectivity index (χ4n) is 11.2. The molecule has 0 amide bonds. The number of fused-ring (bicyclic) bond motifs is 5. The number of carbonyl (C=O) groups excluding carboxylic acids is 1. The van der Waals surface area contributed by atoms with Crippen LogP contribution in [0.3, 0.4) is 0 Å². The fourth-order valence-corrected chi connectivity index (χ4v) is 11.2. The van der Waals surface area contributed by atoms with Crippen LogP contribution in [0.5, 0.6) is 0 Å². The van der Waals surface area contributed by atoms with E-state index in [9.17, 15) is 20.1 Å². The van der Waals surface area contributed by atoms with Gasteiger partial charge in [-0.1, -0.05) is 45.8 Å². The summed E-state index contributed by atoms with van der Waals surface area (Å²) >= 11 is 0. The van der Waals surface area contributed by atoms with Crippen LogP contribution in [0.1, 0.15) is 107 Å². The average molecular weight is 547 g/mol. The quantitative estimate of drug-likeness (QED) is 0.349. The van der Waals surface area contributed by atoms with Crippen LogP contribution in [0.25, 0.3) is 0 Å². The Morgan fingerprint density at radius 2 is 1.79 bits per heavy atom. The van der Waals surface area contributed by atoms with E-state index in [1.54, 1.807) is 13.8 Å². The number of rotatable bonds is 3. The minimum Gasteiger partial charge on any atom is -0.457 e. The zero-order valence-corrected chi connectivity index (χ0v) is 25.2. The third-order valence-electron chi connectivity index (χ3n) is 12.9. The molecule has 3 aliphatic carbocycles. The summed E-state index contributed by atoms with van der Waals surface area (Å²) < 4.78 is 18.8. The highest BCUT2D eigenvalue weighted by atomic mass is 16.7. The van der Waals surface area contributed by atoms with E-state index in [-0.39, 0.29) is 28.3 Å². The van der Waals surface area contributed by atoms with E-state index >= 15 is 0 Å². The lowest BCUT2D eigenvalue weighted by atomic mass is 9.52. The zero-order valence-electron chi connectivity index (χ0n) is 25.2. The molecule has 7 heteroatoms. The number of esters is 1. The second kappa shape index (κ2) is 8.31. The van der Waals surface area contributed by atoms with Crippen molar-refractivity contribution in [2.24, 2.45) is 34.0 Å². The highest BCUT2D eigenvalue weighted by molar-refractivity contribution is 5.66. The van der Waals surface area contributed by atoms with Crippen molar-refractivity contribution in [1.29, 1.82) is 0 Å². The molecule has 6 aliphatic rings. The Morgan fingerprint density at radius 1 is 1.10 bits per heavy atom. The molecule has 0 aromatic rings. The summed E-state index contributed by atoms with van der Waals surface area (Å²) in [6.07, 6.45) is 4.96. The van der Waals surface area contributed by atoms with Crippen molar-refractivity contribution in [3.8, 4) is 0 Å². The van der Waals surface area contributed by atoms with Crippen LogP contribution in [0.2, 0.25) is 0 Å². The topological polar surface area (TPSA) is 105 Å². The van der Waals surface area contributed by atoms with Gasteiger partial charge in [-0.15, -0.1) is 0 Å². The highest BCUT2D eigenvalue weighted by Gasteiger charge is 2.77. The second-order valence-electron chi connectivity index (χ2n) is 15.7. The smallest absolute Gasteiger partial charge is 0.303 e. The van der Waals surface area contributed by atoms with Crippen LogP contribution in [-0.4, -0.2) is 62.7 Å². The molecule has 3 saturated heterocycles. The molecule has 0 unspecified atom stereocenters.